The third-order valence-electron chi connectivity index (χ3n) is 5.18. The number of rotatable bonds is 3. The third-order valence-corrected chi connectivity index (χ3v) is 5.18. The Kier molecular flexibility index (Phi) is 4.04. The van der Waals surface area contributed by atoms with E-state index in [0.29, 0.717) is 12.0 Å². The van der Waals surface area contributed by atoms with Gasteiger partial charge in [0.1, 0.15) is 0 Å². The molecule has 2 aromatic carbocycles. The standard InChI is InChI=1S/C21H22N2O2/c1-14(15-6-3-2-4-7-15)22-21(25)18-12-16-8-5-11-23-19(24)10-9-17(13-18)20(16)23/h2-4,6-7,12-14H,5,8-11H2,1H3,(H,22,25). The van der Waals surface area contributed by atoms with Crippen molar-refractivity contribution in [3.8, 4) is 0 Å². The molecule has 2 aromatic rings. The monoisotopic (exact) mass is 334 g/mol. The predicted octanol–water partition coefficient (Wildman–Crippen LogP) is 3.40. The van der Waals surface area contributed by atoms with E-state index in [-0.39, 0.29) is 17.9 Å². The van der Waals surface area contributed by atoms with E-state index in [2.05, 4.69) is 5.32 Å². The molecule has 1 N–H and O–H groups in total. The first kappa shape index (κ1) is 15.9. The highest BCUT2D eigenvalue weighted by Gasteiger charge is 2.30. The van der Waals surface area contributed by atoms with E-state index in [1.165, 1.54) is 0 Å². The molecule has 1 unspecified atom stereocenters. The summed E-state index contributed by atoms with van der Waals surface area (Å²) in [6.07, 6.45) is 3.16. The molecule has 0 saturated heterocycles. The molecule has 4 heteroatoms. The lowest BCUT2D eigenvalue weighted by atomic mass is 9.89. The molecule has 4 nitrogen and oxygen atoms in total. The van der Waals surface area contributed by atoms with Gasteiger partial charge in [-0.25, -0.2) is 0 Å². The molecule has 2 heterocycles. The molecule has 0 spiro atoms. The fourth-order valence-electron chi connectivity index (χ4n) is 3.89. The molecule has 0 radical (unpaired) electrons. The van der Waals surface area contributed by atoms with Crippen molar-refractivity contribution in [3.63, 3.8) is 0 Å². The van der Waals surface area contributed by atoms with Crippen LogP contribution in [0.15, 0.2) is 42.5 Å². The number of nitrogens with one attached hydrogen (secondary N) is 1. The van der Waals surface area contributed by atoms with Crippen molar-refractivity contribution in [1.82, 2.24) is 5.32 Å². The van der Waals surface area contributed by atoms with E-state index in [0.717, 1.165) is 48.2 Å². The zero-order valence-corrected chi connectivity index (χ0v) is 14.4. The summed E-state index contributed by atoms with van der Waals surface area (Å²) in [6.45, 7) is 2.80. The summed E-state index contributed by atoms with van der Waals surface area (Å²) in [6, 6.07) is 13.9. The lowest BCUT2D eigenvalue weighted by Gasteiger charge is -2.35. The maximum atomic E-state index is 12.8. The number of benzene rings is 2. The zero-order chi connectivity index (χ0) is 17.4. The Morgan fingerprint density at radius 3 is 2.56 bits per heavy atom. The number of amides is 2. The lowest BCUT2D eigenvalue weighted by Crippen LogP contribution is -2.39. The van der Waals surface area contributed by atoms with Crippen molar-refractivity contribution >= 4 is 17.5 Å². The van der Waals surface area contributed by atoms with Gasteiger partial charge in [-0.2, -0.15) is 0 Å². The number of hydrogen-bond donors (Lipinski definition) is 1. The predicted molar refractivity (Wildman–Crippen MR) is 97.8 cm³/mol. The minimum Gasteiger partial charge on any atom is -0.346 e. The summed E-state index contributed by atoms with van der Waals surface area (Å²) in [7, 11) is 0. The van der Waals surface area contributed by atoms with E-state index in [1.807, 2.05) is 54.3 Å². The molecule has 1 atom stereocenters. The molecular formula is C21H22N2O2. The number of anilines is 1. The summed E-state index contributed by atoms with van der Waals surface area (Å²) in [5.41, 5.74) is 5.12. The highest BCUT2D eigenvalue weighted by atomic mass is 16.2. The molecule has 2 amide bonds. The van der Waals surface area contributed by atoms with Crippen LogP contribution < -0.4 is 10.2 Å². The number of carbonyl (C=O) groups excluding carboxylic acids is 2. The second-order valence-electron chi connectivity index (χ2n) is 6.90. The van der Waals surface area contributed by atoms with Gasteiger partial charge in [0.2, 0.25) is 5.91 Å². The van der Waals surface area contributed by atoms with Crippen LogP contribution in [-0.2, 0) is 17.6 Å². The van der Waals surface area contributed by atoms with Crippen LogP contribution in [0.25, 0.3) is 0 Å². The minimum absolute atomic E-state index is 0.0424. The quantitative estimate of drug-likeness (QED) is 0.935. The normalized spacial score (nSPS) is 17.0. The first-order chi connectivity index (χ1) is 12.1. The zero-order valence-electron chi connectivity index (χ0n) is 14.4. The number of nitrogens with zero attached hydrogens (tertiary/aromatic N) is 1. The summed E-state index contributed by atoms with van der Waals surface area (Å²) in [5, 5.41) is 3.09. The van der Waals surface area contributed by atoms with Gasteiger partial charge in [-0.1, -0.05) is 30.3 Å². The van der Waals surface area contributed by atoms with Gasteiger partial charge in [0.15, 0.2) is 0 Å². The van der Waals surface area contributed by atoms with Gasteiger partial charge in [-0.05, 0) is 55.0 Å². The number of hydrogen-bond acceptors (Lipinski definition) is 2. The van der Waals surface area contributed by atoms with E-state index >= 15 is 0 Å². The number of aryl methyl sites for hydroxylation is 2. The molecule has 0 aliphatic carbocycles. The second kappa shape index (κ2) is 6.36. The fraction of sp³-hybridized carbons (Fsp3) is 0.333. The smallest absolute Gasteiger partial charge is 0.251 e. The average Bonchev–Trinajstić information content (AvgIpc) is 2.65. The first-order valence-corrected chi connectivity index (χ1v) is 8.95. The van der Waals surface area contributed by atoms with E-state index in [4.69, 9.17) is 0 Å². The van der Waals surface area contributed by atoms with Crippen LogP contribution in [-0.4, -0.2) is 18.4 Å². The molecule has 2 aliphatic heterocycles. The van der Waals surface area contributed by atoms with Crippen LogP contribution in [0.4, 0.5) is 5.69 Å². The molecule has 0 saturated carbocycles. The van der Waals surface area contributed by atoms with Crippen molar-refractivity contribution in [3.05, 3.63) is 64.7 Å². The minimum atomic E-state index is -0.0515. The fourth-order valence-corrected chi connectivity index (χ4v) is 3.89. The van der Waals surface area contributed by atoms with Crippen LogP contribution in [0, 0.1) is 0 Å². The van der Waals surface area contributed by atoms with Crippen molar-refractivity contribution in [1.29, 1.82) is 0 Å². The third kappa shape index (κ3) is 2.93. The Labute approximate surface area is 147 Å². The molecule has 128 valence electrons. The Balaban J connectivity index is 1.61. The van der Waals surface area contributed by atoms with Gasteiger partial charge in [0, 0.05) is 18.5 Å². The van der Waals surface area contributed by atoms with Crippen LogP contribution in [0.3, 0.4) is 0 Å². The first-order valence-electron chi connectivity index (χ1n) is 8.95. The maximum absolute atomic E-state index is 12.8. The van der Waals surface area contributed by atoms with Crippen LogP contribution in [0.5, 0.6) is 0 Å². The van der Waals surface area contributed by atoms with Crippen LogP contribution in [0.1, 0.15) is 52.9 Å². The van der Waals surface area contributed by atoms with Crippen molar-refractivity contribution in [2.75, 3.05) is 11.4 Å². The van der Waals surface area contributed by atoms with Gasteiger partial charge < -0.3 is 10.2 Å². The van der Waals surface area contributed by atoms with Gasteiger partial charge in [-0.15, -0.1) is 0 Å². The Bertz CT molecular complexity index is 812. The van der Waals surface area contributed by atoms with Gasteiger partial charge >= 0.3 is 0 Å². The topological polar surface area (TPSA) is 49.4 Å². The lowest BCUT2D eigenvalue weighted by molar-refractivity contribution is -0.119. The molecular weight excluding hydrogens is 312 g/mol. The van der Waals surface area contributed by atoms with E-state index in [9.17, 15) is 9.59 Å². The average molecular weight is 334 g/mol. The summed E-state index contributed by atoms with van der Waals surface area (Å²) >= 11 is 0. The van der Waals surface area contributed by atoms with Crippen molar-refractivity contribution in [2.45, 2.75) is 38.6 Å². The van der Waals surface area contributed by atoms with E-state index in [1.54, 1.807) is 0 Å². The SMILES string of the molecule is CC(NC(=O)c1cc2c3c(c1)CCC(=O)N3CCC2)c1ccccc1. The van der Waals surface area contributed by atoms with Gasteiger partial charge in [0.25, 0.3) is 5.91 Å². The molecule has 2 aliphatic rings. The summed E-state index contributed by atoms with van der Waals surface area (Å²) in [4.78, 5) is 26.8. The molecule has 0 aromatic heterocycles. The molecule has 25 heavy (non-hydrogen) atoms. The van der Waals surface area contributed by atoms with Crippen LogP contribution in [0.2, 0.25) is 0 Å². The Hall–Kier alpha value is -2.62. The molecule has 0 fully saturated rings. The van der Waals surface area contributed by atoms with Crippen LogP contribution >= 0.6 is 0 Å². The Morgan fingerprint density at radius 2 is 1.80 bits per heavy atom. The van der Waals surface area contributed by atoms with Crippen molar-refractivity contribution in [2.24, 2.45) is 0 Å². The van der Waals surface area contributed by atoms with Gasteiger partial charge in [-0.3, -0.25) is 9.59 Å². The largest absolute Gasteiger partial charge is 0.346 e. The Morgan fingerprint density at radius 1 is 1.08 bits per heavy atom. The van der Waals surface area contributed by atoms with E-state index < -0.39 is 0 Å². The summed E-state index contributed by atoms with van der Waals surface area (Å²) in [5.74, 6) is 0.160. The second-order valence-corrected chi connectivity index (χ2v) is 6.90. The van der Waals surface area contributed by atoms with Crippen molar-refractivity contribution < 1.29 is 9.59 Å². The maximum Gasteiger partial charge on any atom is 0.251 e. The highest BCUT2D eigenvalue weighted by molar-refractivity contribution is 6.00. The highest BCUT2D eigenvalue weighted by Crippen LogP contribution is 2.36. The number of carbonyl (C=O) groups is 2. The molecule has 0 bridgehead atoms. The summed E-state index contributed by atoms with van der Waals surface area (Å²) < 4.78 is 0. The van der Waals surface area contributed by atoms with Gasteiger partial charge in [0.05, 0.1) is 11.7 Å². The molecule has 4 rings (SSSR count).